The zero-order chi connectivity index (χ0) is 23.5. The van der Waals surface area contributed by atoms with E-state index in [9.17, 15) is 14.8 Å². The van der Waals surface area contributed by atoms with E-state index in [1.807, 2.05) is 0 Å². The molecule has 3 aromatic carbocycles. The van der Waals surface area contributed by atoms with E-state index in [-0.39, 0.29) is 34.3 Å². The molecular formula is C24H19NO8. The summed E-state index contributed by atoms with van der Waals surface area (Å²) >= 11 is 0. The van der Waals surface area contributed by atoms with Crippen LogP contribution in [0, 0.1) is 5.21 Å². The number of allylic oxidation sites excluding steroid dienone is 1. The number of methoxy groups -OCH3 is 2. The molecule has 2 N–H and O–H groups in total. The molecule has 1 heterocycles. The first-order valence-corrected chi connectivity index (χ1v) is 9.75. The summed E-state index contributed by atoms with van der Waals surface area (Å²) in [7, 11) is 2.96. The van der Waals surface area contributed by atoms with Gasteiger partial charge in [-0.2, -0.15) is 5.23 Å². The van der Waals surface area contributed by atoms with E-state index in [2.05, 4.69) is 0 Å². The molecule has 1 aliphatic heterocycles. The van der Waals surface area contributed by atoms with Crippen molar-refractivity contribution in [1.82, 2.24) is 0 Å². The summed E-state index contributed by atoms with van der Waals surface area (Å²) in [5.41, 5.74) is 1.33. The topological polar surface area (TPSA) is 119 Å². The van der Waals surface area contributed by atoms with Crippen LogP contribution in [0.25, 0.3) is 6.08 Å². The lowest BCUT2D eigenvalue weighted by Gasteiger charge is -2.10. The van der Waals surface area contributed by atoms with Gasteiger partial charge in [0.25, 0.3) is 0 Å². The number of carbonyl (C=O) groups is 2. The minimum Gasteiger partial charge on any atom is -0.595 e. The number of hydrogen-bond donors (Lipinski definition) is 2. The third-order valence-corrected chi connectivity index (χ3v) is 4.93. The number of nitrogens with one attached hydrogen (secondary N) is 1. The number of esters is 1. The molecule has 33 heavy (non-hydrogen) atoms. The van der Waals surface area contributed by atoms with Gasteiger partial charge in [-0.3, -0.25) is 4.79 Å². The summed E-state index contributed by atoms with van der Waals surface area (Å²) in [5.74, 6) is 0.465. The van der Waals surface area contributed by atoms with Gasteiger partial charge in [-0.05, 0) is 54.1 Å². The van der Waals surface area contributed by atoms with Crippen molar-refractivity contribution < 1.29 is 39.0 Å². The van der Waals surface area contributed by atoms with Crippen LogP contribution in [0.3, 0.4) is 0 Å². The Hall–Kier alpha value is -4.18. The molecule has 0 radical (unpaired) electrons. The standard InChI is InChI=1S/C24H19NO8/c1-30-19-10-5-15(12-21(19)31-2)24(27)32-17-8-9-18-20(13-17)33-22(23(18)26)11-14-3-6-16(7-4-14)25(28)29/h3-13,25,28H,1-2H3. The van der Waals surface area contributed by atoms with Crippen molar-refractivity contribution >= 4 is 23.5 Å². The van der Waals surface area contributed by atoms with Crippen LogP contribution in [-0.2, 0) is 0 Å². The van der Waals surface area contributed by atoms with Gasteiger partial charge in [-0.25, -0.2) is 10.0 Å². The number of ketones is 1. The van der Waals surface area contributed by atoms with Crippen LogP contribution in [0.1, 0.15) is 26.3 Å². The molecule has 3 aromatic rings. The first-order valence-electron chi connectivity index (χ1n) is 9.75. The molecule has 168 valence electrons. The fourth-order valence-corrected chi connectivity index (χ4v) is 3.23. The fourth-order valence-electron chi connectivity index (χ4n) is 3.23. The van der Waals surface area contributed by atoms with Crippen LogP contribution in [0.5, 0.6) is 23.0 Å². The second-order valence-corrected chi connectivity index (χ2v) is 6.98. The Kier molecular flexibility index (Phi) is 6.09. The summed E-state index contributed by atoms with van der Waals surface area (Å²) in [6, 6.07) is 15.2. The zero-order valence-electron chi connectivity index (χ0n) is 17.7. The molecule has 9 heteroatoms. The number of carbonyl (C=O) groups excluding carboxylic acids is 2. The molecule has 9 nitrogen and oxygen atoms in total. The monoisotopic (exact) mass is 449 g/mol. The van der Waals surface area contributed by atoms with Gasteiger partial charge in [0.2, 0.25) is 5.78 Å². The molecule has 0 aromatic heterocycles. The van der Waals surface area contributed by atoms with Crippen molar-refractivity contribution in [2.24, 2.45) is 0 Å². The number of fused-ring (bicyclic) bond motifs is 1. The Morgan fingerprint density at radius 1 is 1.00 bits per heavy atom. The average Bonchev–Trinajstić information content (AvgIpc) is 3.13. The van der Waals surface area contributed by atoms with Crippen molar-refractivity contribution in [3.05, 3.63) is 88.3 Å². The number of rotatable bonds is 6. The second-order valence-electron chi connectivity index (χ2n) is 6.98. The van der Waals surface area contributed by atoms with Crippen LogP contribution < -0.4 is 24.2 Å². The highest BCUT2D eigenvalue weighted by Gasteiger charge is 2.28. The minimum absolute atomic E-state index is 0.0800. The molecule has 1 atom stereocenters. The van der Waals surface area contributed by atoms with E-state index in [0.29, 0.717) is 22.6 Å². The summed E-state index contributed by atoms with van der Waals surface area (Å²) < 4.78 is 21.4. The lowest BCUT2D eigenvalue weighted by molar-refractivity contribution is -0.991. The Morgan fingerprint density at radius 3 is 2.39 bits per heavy atom. The maximum Gasteiger partial charge on any atom is 0.343 e. The lowest BCUT2D eigenvalue weighted by atomic mass is 10.1. The van der Waals surface area contributed by atoms with E-state index in [1.54, 1.807) is 24.3 Å². The lowest BCUT2D eigenvalue weighted by Crippen LogP contribution is -2.99. The van der Waals surface area contributed by atoms with Crippen LogP contribution in [0.15, 0.2) is 66.4 Å². The van der Waals surface area contributed by atoms with Gasteiger partial charge in [-0.1, -0.05) is 0 Å². The first-order chi connectivity index (χ1) is 15.9. The van der Waals surface area contributed by atoms with Gasteiger partial charge in [0.15, 0.2) is 22.9 Å². The minimum atomic E-state index is -1.04. The highest BCUT2D eigenvalue weighted by molar-refractivity contribution is 6.14. The molecule has 0 amide bonds. The van der Waals surface area contributed by atoms with Crippen LogP contribution in [0.2, 0.25) is 0 Å². The Balaban J connectivity index is 1.51. The third-order valence-electron chi connectivity index (χ3n) is 4.93. The number of Topliss-reactive ketones (excluding diaryl/α,β-unsaturated/α-hetero) is 1. The van der Waals surface area contributed by atoms with Crippen molar-refractivity contribution in [3.63, 3.8) is 0 Å². The summed E-state index contributed by atoms with van der Waals surface area (Å²) in [6.45, 7) is 0. The average molecular weight is 449 g/mol. The van der Waals surface area contributed by atoms with E-state index in [1.165, 1.54) is 56.7 Å². The predicted octanol–water partition coefficient (Wildman–Crippen LogP) is 2.94. The van der Waals surface area contributed by atoms with Crippen molar-refractivity contribution in [3.8, 4) is 23.0 Å². The van der Waals surface area contributed by atoms with Crippen LogP contribution >= 0.6 is 0 Å². The summed E-state index contributed by atoms with van der Waals surface area (Å²) in [4.78, 5) is 25.2. The summed E-state index contributed by atoms with van der Waals surface area (Å²) in [5, 5.41) is 18.9. The van der Waals surface area contributed by atoms with Crippen molar-refractivity contribution in [2.45, 2.75) is 0 Å². The van der Waals surface area contributed by atoms with Gasteiger partial charge < -0.3 is 24.2 Å². The first kappa shape index (κ1) is 22.0. The molecule has 0 aliphatic carbocycles. The molecule has 1 unspecified atom stereocenters. The Morgan fingerprint density at radius 2 is 1.73 bits per heavy atom. The molecule has 0 saturated heterocycles. The highest BCUT2D eigenvalue weighted by Crippen LogP contribution is 2.35. The van der Waals surface area contributed by atoms with Crippen LogP contribution in [-0.4, -0.2) is 31.2 Å². The number of ether oxygens (including phenoxy) is 4. The normalized spacial score (nSPS) is 14.4. The Labute approximate surface area is 188 Å². The molecule has 1 aliphatic rings. The van der Waals surface area contributed by atoms with E-state index < -0.39 is 11.2 Å². The van der Waals surface area contributed by atoms with E-state index >= 15 is 0 Å². The summed E-state index contributed by atoms with van der Waals surface area (Å²) in [6.07, 6.45) is 1.52. The quantitative estimate of drug-likeness (QED) is 0.255. The third kappa shape index (κ3) is 4.55. The zero-order valence-corrected chi connectivity index (χ0v) is 17.7. The SMILES string of the molecule is COc1ccc(C(=O)Oc2ccc3c(c2)OC(=Cc2ccc([NH+]([O-])O)cc2)C3=O)cc1OC. The highest BCUT2D eigenvalue weighted by atomic mass is 16.8. The number of hydrogen-bond acceptors (Lipinski definition) is 8. The maximum atomic E-state index is 12.6. The molecule has 0 fully saturated rings. The van der Waals surface area contributed by atoms with Crippen molar-refractivity contribution in [1.29, 1.82) is 0 Å². The van der Waals surface area contributed by atoms with Gasteiger partial charge >= 0.3 is 5.97 Å². The molecule has 0 saturated carbocycles. The maximum absolute atomic E-state index is 12.6. The van der Waals surface area contributed by atoms with Gasteiger partial charge in [0.1, 0.15) is 11.5 Å². The van der Waals surface area contributed by atoms with E-state index in [4.69, 9.17) is 24.2 Å². The number of benzene rings is 3. The number of quaternary nitrogens is 1. The molecule has 4 rings (SSSR count). The smallest absolute Gasteiger partial charge is 0.343 e. The molecular weight excluding hydrogens is 430 g/mol. The van der Waals surface area contributed by atoms with Gasteiger partial charge in [0.05, 0.1) is 25.3 Å². The van der Waals surface area contributed by atoms with Gasteiger partial charge in [-0.15, -0.1) is 0 Å². The molecule has 0 spiro atoms. The second kappa shape index (κ2) is 9.13. The predicted molar refractivity (Wildman–Crippen MR) is 116 cm³/mol. The van der Waals surface area contributed by atoms with Crippen LogP contribution in [0.4, 0.5) is 5.69 Å². The van der Waals surface area contributed by atoms with Crippen molar-refractivity contribution in [2.75, 3.05) is 14.2 Å². The molecule has 0 bridgehead atoms. The fraction of sp³-hybridized carbons (Fsp3) is 0.0833. The van der Waals surface area contributed by atoms with E-state index in [0.717, 1.165) is 0 Å². The Bertz CT molecular complexity index is 1250. The largest absolute Gasteiger partial charge is 0.595 e. The van der Waals surface area contributed by atoms with Gasteiger partial charge in [0, 0.05) is 18.2 Å².